The number of benzene rings is 2. The van der Waals surface area contributed by atoms with Crippen molar-refractivity contribution in [1.29, 1.82) is 0 Å². The summed E-state index contributed by atoms with van der Waals surface area (Å²) in [4.78, 5) is 21.9. The average molecular weight is 506 g/mol. The molecule has 2 aromatic carbocycles. The number of rotatable bonds is 5. The molecule has 0 N–H and O–H groups in total. The minimum atomic E-state index is -0.545. The van der Waals surface area contributed by atoms with E-state index in [0.29, 0.717) is 49.5 Å². The highest BCUT2D eigenvalue weighted by molar-refractivity contribution is 7.22. The van der Waals surface area contributed by atoms with E-state index < -0.39 is 11.9 Å². The molecule has 0 saturated carbocycles. The molecule has 6 rings (SSSR count). The lowest BCUT2D eigenvalue weighted by Gasteiger charge is -2.26. The zero-order valence-corrected chi connectivity index (χ0v) is 20.4. The summed E-state index contributed by atoms with van der Waals surface area (Å²) in [5, 5.41) is 0.680. The van der Waals surface area contributed by atoms with Gasteiger partial charge in [0.1, 0.15) is 28.7 Å². The monoisotopic (exact) mass is 505 g/mol. The highest BCUT2D eigenvalue weighted by Gasteiger charge is 2.29. The third kappa shape index (κ3) is 4.01. The first-order valence-corrected chi connectivity index (χ1v) is 12.0. The number of aromatic nitrogens is 5. The molecule has 1 aliphatic rings. The summed E-state index contributed by atoms with van der Waals surface area (Å²) in [7, 11) is 1.55. The number of nitrogens with zero attached hydrogens (tertiary/aromatic N) is 5. The van der Waals surface area contributed by atoms with E-state index in [1.807, 2.05) is 19.1 Å². The number of halogens is 1. The number of aryl methyl sites for hydroxylation is 2. The highest BCUT2D eigenvalue weighted by atomic mass is 32.1. The molecule has 0 unspecified atom stereocenters. The van der Waals surface area contributed by atoms with Gasteiger partial charge in [0, 0.05) is 11.6 Å². The number of thiazole rings is 1. The molecule has 3 aromatic heterocycles. The Morgan fingerprint density at radius 1 is 1.03 bits per heavy atom. The van der Waals surface area contributed by atoms with Crippen LogP contribution in [0.25, 0.3) is 31.8 Å². The van der Waals surface area contributed by atoms with Crippen molar-refractivity contribution >= 4 is 32.6 Å². The Morgan fingerprint density at radius 2 is 1.86 bits per heavy atom. The molecule has 0 spiro atoms. The third-order valence-electron chi connectivity index (χ3n) is 5.65. The minimum absolute atomic E-state index is 0.0522. The first-order valence-electron chi connectivity index (χ1n) is 11.1. The van der Waals surface area contributed by atoms with Crippen LogP contribution in [-0.2, 0) is 0 Å². The van der Waals surface area contributed by atoms with E-state index in [0.717, 1.165) is 11.1 Å². The van der Waals surface area contributed by atoms with E-state index in [-0.39, 0.29) is 19.0 Å². The fourth-order valence-corrected chi connectivity index (χ4v) is 5.01. The van der Waals surface area contributed by atoms with Crippen molar-refractivity contribution in [2.45, 2.75) is 20.0 Å². The van der Waals surface area contributed by atoms with Gasteiger partial charge in [0.05, 0.1) is 42.3 Å². The molecule has 36 heavy (non-hydrogen) atoms. The Bertz CT molecular complexity index is 1610. The molecule has 0 aliphatic carbocycles. The van der Waals surface area contributed by atoms with E-state index in [4.69, 9.17) is 23.9 Å². The van der Waals surface area contributed by atoms with E-state index in [2.05, 4.69) is 19.9 Å². The number of ether oxygens (including phenoxy) is 4. The van der Waals surface area contributed by atoms with Crippen molar-refractivity contribution in [1.82, 2.24) is 24.9 Å². The van der Waals surface area contributed by atoms with Crippen LogP contribution in [-0.4, -0.2) is 51.3 Å². The van der Waals surface area contributed by atoms with Gasteiger partial charge in [-0.2, -0.15) is 0 Å². The summed E-state index contributed by atoms with van der Waals surface area (Å²) in [5.41, 5.74) is 3.66. The fourth-order valence-electron chi connectivity index (χ4n) is 3.96. The van der Waals surface area contributed by atoms with Gasteiger partial charge in [-0.1, -0.05) is 0 Å². The summed E-state index contributed by atoms with van der Waals surface area (Å²) < 4.78 is 38.6. The number of methoxy groups -OCH3 is 1. The topological polar surface area (TPSA) is 101 Å². The number of fused-ring (bicyclic) bond motifs is 4. The van der Waals surface area contributed by atoms with Gasteiger partial charge < -0.3 is 18.9 Å². The minimum Gasteiger partial charge on any atom is -0.486 e. The Morgan fingerprint density at radius 3 is 2.67 bits per heavy atom. The van der Waals surface area contributed by atoms with Gasteiger partial charge in [-0.15, -0.1) is 11.3 Å². The first kappa shape index (κ1) is 22.4. The third-order valence-corrected chi connectivity index (χ3v) is 6.75. The summed E-state index contributed by atoms with van der Waals surface area (Å²) in [5.74, 6) is 1.43. The molecular weight excluding hydrogens is 485 g/mol. The SMILES string of the molecule is COc1cnc2c(-c3nc4cc(F)c5c(c4s3)OC[C@H](COc3cnc(C)nc3)O5)cc(C)cc2n1. The quantitative estimate of drug-likeness (QED) is 0.337. The molecule has 0 bridgehead atoms. The fraction of sp³-hybridized carbons (Fsp3) is 0.240. The van der Waals surface area contributed by atoms with Crippen molar-refractivity contribution in [3.8, 4) is 33.7 Å². The number of hydrogen-bond acceptors (Lipinski definition) is 10. The molecule has 0 saturated heterocycles. The molecule has 0 fully saturated rings. The maximum absolute atomic E-state index is 15.1. The van der Waals surface area contributed by atoms with E-state index in [1.165, 1.54) is 17.4 Å². The summed E-state index contributed by atoms with van der Waals surface area (Å²) >= 11 is 1.39. The largest absolute Gasteiger partial charge is 0.486 e. The van der Waals surface area contributed by atoms with Crippen LogP contribution in [0.4, 0.5) is 4.39 Å². The van der Waals surface area contributed by atoms with Gasteiger partial charge in [-0.3, -0.25) is 0 Å². The van der Waals surface area contributed by atoms with Crippen LogP contribution in [0.2, 0.25) is 0 Å². The van der Waals surface area contributed by atoms with Crippen LogP contribution in [0.1, 0.15) is 11.4 Å². The van der Waals surface area contributed by atoms with Crippen molar-refractivity contribution in [2.24, 2.45) is 0 Å². The molecule has 0 amide bonds. The summed E-state index contributed by atoms with van der Waals surface area (Å²) in [6.07, 6.45) is 4.23. The maximum atomic E-state index is 15.1. The maximum Gasteiger partial charge on any atom is 0.232 e. The second kappa shape index (κ2) is 8.83. The lowest BCUT2D eigenvalue weighted by atomic mass is 10.1. The van der Waals surface area contributed by atoms with Crippen LogP contribution in [0, 0.1) is 19.7 Å². The lowest BCUT2D eigenvalue weighted by molar-refractivity contribution is 0.0507. The highest BCUT2D eigenvalue weighted by Crippen LogP contribution is 2.46. The van der Waals surface area contributed by atoms with Gasteiger partial charge in [-0.05, 0) is 31.5 Å². The van der Waals surface area contributed by atoms with Gasteiger partial charge in [0.25, 0.3) is 0 Å². The molecule has 1 atom stereocenters. The van der Waals surface area contributed by atoms with Crippen molar-refractivity contribution in [3.63, 3.8) is 0 Å². The standard InChI is InChI=1S/C25H20FN5O4S/c1-12-4-16(21-18(5-12)30-20(32-3)9-29-21)25-31-19-6-17(26)22-23(24(19)36-25)34-11-15(35-22)10-33-14-7-27-13(2)28-8-14/h4-9,15H,10-11H2,1-3H3/t15-/m0/s1. The zero-order valence-electron chi connectivity index (χ0n) is 19.6. The van der Waals surface area contributed by atoms with Crippen LogP contribution < -0.4 is 18.9 Å². The molecular formula is C25H20FN5O4S. The molecule has 9 nitrogen and oxygen atoms in total. The second-order valence-electron chi connectivity index (χ2n) is 8.30. The van der Waals surface area contributed by atoms with Crippen molar-refractivity contribution < 1.29 is 23.3 Å². The Hall–Kier alpha value is -4.12. The van der Waals surface area contributed by atoms with Crippen molar-refractivity contribution in [3.05, 3.63) is 54.0 Å². The van der Waals surface area contributed by atoms with Gasteiger partial charge in [0.15, 0.2) is 29.2 Å². The van der Waals surface area contributed by atoms with Crippen molar-refractivity contribution in [2.75, 3.05) is 20.3 Å². The van der Waals surface area contributed by atoms with Crippen LogP contribution in [0.15, 0.2) is 36.8 Å². The van der Waals surface area contributed by atoms with Crippen LogP contribution in [0.3, 0.4) is 0 Å². The predicted octanol–water partition coefficient (Wildman–Crippen LogP) is 4.68. The van der Waals surface area contributed by atoms with Crippen LogP contribution in [0.5, 0.6) is 23.1 Å². The van der Waals surface area contributed by atoms with Gasteiger partial charge in [-0.25, -0.2) is 29.3 Å². The molecule has 11 heteroatoms. The summed E-state index contributed by atoms with van der Waals surface area (Å²) in [6, 6.07) is 5.29. The zero-order chi connectivity index (χ0) is 24.8. The molecule has 4 heterocycles. The Balaban J connectivity index is 1.33. The predicted molar refractivity (Wildman–Crippen MR) is 132 cm³/mol. The van der Waals surface area contributed by atoms with Gasteiger partial charge in [0.2, 0.25) is 5.88 Å². The molecule has 0 radical (unpaired) electrons. The normalized spacial score (nSPS) is 14.8. The van der Waals surface area contributed by atoms with E-state index in [9.17, 15) is 0 Å². The van der Waals surface area contributed by atoms with Gasteiger partial charge >= 0.3 is 0 Å². The smallest absolute Gasteiger partial charge is 0.232 e. The first-order chi connectivity index (χ1) is 17.5. The Labute approximate surface area is 208 Å². The number of hydrogen-bond donors (Lipinski definition) is 0. The lowest BCUT2D eigenvalue weighted by Crippen LogP contribution is -2.35. The van der Waals surface area contributed by atoms with Crippen LogP contribution >= 0.6 is 11.3 Å². The molecule has 182 valence electrons. The average Bonchev–Trinajstić information content (AvgIpc) is 3.31. The second-order valence-corrected chi connectivity index (χ2v) is 9.30. The molecule has 1 aliphatic heterocycles. The van der Waals surface area contributed by atoms with E-state index >= 15 is 4.39 Å². The Kier molecular flexibility index (Phi) is 5.48. The summed E-state index contributed by atoms with van der Waals surface area (Å²) in [6.45, 7) is 4.12. The molecule has 5 aromatic rings. The van der Waals surface area contributed by atoms with E-state index in [1.54, 1.807) is 32.6 Å².